The lowest BCUT2D eigenvalue weighted by molar-refractivity contribution is 0.461. The molecule has 3 nitrogen and oxygen atoms in total. The first-order chi connectivity index (χ1) is 5.74. The number of nitrogens with two attached hydrogens (primary N) is 1. The molecule has 0 aromatic carbocycles. The maximum Gasteiger partial charge on any atom is 0.0592 e. The Bertz CT molecular complexity index is 255. The fourth-order valence-electron chi connectivity index (χ4n) is 1.84. The van der Waals surface area contributed by atoms with Gasteiger partial charge in [0.05, 0.1) is 6.54 Å². The maximum atomic E-state index is 6.13. The summed E-state index contributed by atoms with van der Waals surface area (Å²) < 4.78 is 1.93. The first-order valence-corrected chi connectivity index (χ1v) is 4.51. The van der Waals surface area contributed by atoms with Gasteiger partial charge in [-0.3, -0.25) is 4.68 Å². The second kappa shape index (κ2) is 2.59. The lowest BCUT2D eigenvalue weighted by Crippen LogP contribution is -2.31. The minimum absolute atomic E-state index is 0.0424. The van der Waals surface area contributed by atoms with Crippen molar-refractivity contribution < 1.29 is 0 Å². The molecule has 1 heterocycles. The molecule has 12 heavy (non-hydrogen) atoms. The van der Waals surface area contributed by atoms with Gasteiger partial charge in [-0.25, -0.2) is 0 Å². The zero-order valence-electron chi connectivity index (χ0n) is 7.40. The van der Waals surface area contributed by atoms with Crippen LogP contribution in [0.2, 0.25) is 0 Å². The van der Waals surface area contributed by atoms with E-state index in [0.717, 1.165) is 13.0 Å². The Labute approximate surface area is 72.6 Å². The van der Waals surface area contributed by atoms with Gasteiger partial charge in [0, 0.05) is 17.9 Å². The van der Waals surface area contributed by atoms with Gasteiger partial charge in [0.15, 0.2) is 0 Å². The molecule has 1 aromatic heterocycles. The number of hydrogen-bond donors (Lipinski definition) is 1. The van der Waals surface area contributed by atoms with Crippen molar-refractivity contribution in [3.63, 3.8) is 0 Å². The van der Waals surface area contributed by atoms with Crippen molar-refractivity contribution in [3.05, 3.63) is 18.5 Å². The summed E-state index contributed by atoms with van der Waals surface area (Å²) in [5.41, 5.74) is 6.17. The van der Waals surface area contributed by atoms with Crippen molar-refractivity contribution in [1.82, 2.24) is 9.78 Å². The molecule has 0 aliphatic heterocycles. The third kappa shape index (κ3) is 1.25. The molecule has 1 aliphatic rings. The van der Waals surface area contributed by atoms with Crippen LogP contribution in [0.5, 0.6) is 0 Å². The molecular formula is C9H15N3. The number of nitrogens with zero attached hydrogens (tertiary/aromatic N) is 2. The van der Waals surface area contributed by atoms with E-state index >= 15 is 0 Å². The second-order valence-electron chi connectivity index (χ2n) is 3.75. The smallest absolute Gasteiger partial charge is 0.0592 e. The normalized spacial score (nSPS) is 33.7. The average molecular weight is 165 g/mol. The fourth-order valence-corrected chi connectivity index (χ4v) is 1.84. The molecule has 66 valence electrons. The van der Waals surface area contributed by atoms with E-state index in [0.29, 0.717) is 5.92 Å². The van der Waals surface area contributed by atoms with E-state index in [4.69, 9.17) is 5.73 Å². The van der Waals surface area contributed by atoms with Gasteiger partial charge in [0.25, 0.3) is 0 Å². The van der Waals surface area contributed by atoms with Gasteiger partial charge in [0.2, 0.25) is 0 Å². The van der Waals surface area contributed by atoms with Crippen molar-refractivity contribution in [2.24, 2.45) is 11.7 Å². The van der Waals surface area contributed by atoms with E-state index in [9.17, 15) is 0 Å². The molecule has 0 amide bonds. The van der Waals surface area contributed by atoms with Crippen molar-refractivity contribution in [3.8, 4) is 0 Å². The Morgan fingerprint density at radius 3 is 3.08 bits per heavy atom. The predicted octanol–water partition coefficient (Wildman–Crippen LogP) is 1.01. The summed E-state index contributed by atoms with van der Waals surface area (Å²) >= 11 is 0. The summed E-state index contributed by atoms with van der Waals surface area (Å²) in [6.45, 7) is 3.07. The molecule has 0 spiro atoms. The summed E-state index contributed by atoms with van der Waals surface area (Å²) in [5.74, 6) is 0.710. The molecule has 0 saturated heterocycles. The molecule has 2 N–H and O–H groups in total. The lowest BCUT2D eigenvalue weighted by Gasteiger charge is -2.10. The van der Waals surface area contributed by atoms with Crippen LogP contribution in [0.4, 0.5) is 0 Å². The molecule has 2 rings (SSSR count). The molecule has 1 aromatic rings. The first kappa shape index (κ1) is 7.80. The van der Waals surface area contributed by atoms with Crippen LogP contribution in [-0.4, -0.2) is 15.3 Å². The highest BCUT2D eigenvalue weighted by Gasteiger charge is 2.49. The zero-order valence-corrected chi connectivity index (χ0v) is 7.40. The summed E-state index contributed by atoms with van der Waals surface area (Å²) in [6.07, 6.45) is 6.12. The summed E-state index contributed by atoms with van der Waals surface area (Å²) in [7, 11) is 0. The molecule has 1 fully saturated rings. The van der Waals surface area contributed by atoms with Gasteiger partial charge in [-0.15, -0.1) is 0 Å². The van der Waals surface area contributed by atoms with Crippen LogP contribution in [-0.2, 0) is 6.54 Å². The molecule has 0 bridgehead atoms. The average Bonchev–Trinajstić information content (AvgIpc) is 2.48. The van der Waals surface area contributed by atoms with E-state index in [-0.39, 0.29) is 5.54 Å². The topological polar surface area (TPSA) is 43.8 Å². The van der Waals surface area contributed by atoms with Crippen LogP contribution in [0, 0.1) is 5.92 Å². The van der Waals surface area contributed by atoms with Crippen LogP contribution < -0.4 is 5.73 Å². The molecule has 2 unspecified atom stereocenters. The summed E-state index contributed by atoms with van der Waals surface area (Å²) in [4.78, 5) is 0. The Morgan fingerprint density at radius 1 is 1.75 bits per heavy atom. The standard InChI is InChI=1S/C9H15N3/c1-2-8-6-9(8,10)7-12-5-3-4-11-12/h3-5,8H,2,6-7,10H2,1H3. The summed E-state index contributed by atoms with van der Waals surface area (Å²) in [5, 5.41) is 4.15. The maximum absolute atomic E-state index is 6.13. The Morgan fingerprint density at radius 2 is 2.58 bits per heavy atom. The molecule has 1 saturated carbocycles. The van der Waals surface area contributed by atoms with E-state index in [1.54, 1.807) is 6.20 Å². The van der Waals surface area contributed by atoms with Gasteiger partial charge in [-0.05, 0) is 18.4 Å². The largest absolute Gasteiger partial charge is 0.323 e. The minimum Gasteiger partial charge on any atom is -0.323 e. The first-order valence-electron chi connectivity index (χ1n) is 4.51. The second-order valence-corrected chi connectivity index (χ2v) is 3.75. The van der Waals surface area contributed by atoms with Crippen molar-refractivity contribution in [2.45, 2.75) is 31.8 Å². The fraction of sp³-hybridized carbons (Fsp3) is 0.667. The number of hydrogen-bond acceptors (Lipinski definition) is 2. The highest BCUT2D eigenvalue weighted by atomic mass is 15.3. The highest BCUT2D eigenvalue weighted by Crippen LogP contribution is 2.44. The van der Waals surface area contributed by atoms with Gasteiger partial charge >= 0.3 is 0 Å². The Hall–Kier alpha value is -0.830. The van der Waals surface area contributed by atoms with Gasteiger partial charge in [0.1, 0.15) is 0 Å². The molecular weight excluding hydrogens is 150 g/mol. The van der Waals surface area contributed by atoms with Crippen molar-refractivity contribution in [2.75, 3.05) is 0 Å². The minimum atomic E-state index is 0.0424. The quantitative estimate of drug-likeness (QED) is 0.726. The third-order valence-electron chi connectivity index (χ3n) is 2.79. The Balaban J connectivity index is 1.97. The van der Waals surface area contributed by atoms with Crippen molar-refractivity contribution in [1.29, 1.82) is 0 Å². The van der Waals surface area contributed by atoms with E-state index < -0.39 is 0 Å². The molecule has 3 heteroatoms. The molecule has 2 atom stereocenters. The molecule has 0 radical (unpaired) electrons. The van der Waals surface area contributed by atoms with Gasteiger partial charge < -0.3 is 5.73 Å². The predicted molar refractivity (Wildman–Crippen MR) is 47.5 cm³/mol. The van der Waals surface area contributed by atoms with Gasteiger partial charge in [-0.1, -0.05) is 13.3 Å². The van der Waals surface area contributed by atoms with Crippen LogP contribution >= 0.6 is 0 Å². The van der Waals surface area contributed by atoms with E-state index in [2.05, 4.69) is 12.0 Å². The highest BCUT2D eigenvalue weighted by molar-refractivity contribution is 5.06. The zero-order chi connectivity index (χ0) is 8.60. The van der Waals surface area contributed by atoms with Crippen LogP contribution in [0.15, 0.2) is 18.5 Å². The van der Waals surface area contributed by atoms with Crippen LogP contribution in [0.1, 0.15) is 19.8 Å². The number of aromatic nitrogens is 2. The van der Waals surface area contributed by atoms with Crippen molar-refractivity contribution >= 4 is 0 Å². The molecule has 1 aliphatic carbocycles. The lowest BCUT2D eigenvalue weighted by atomic mass is 10.2. The van der Waals surface area contributed by atoms with Crippen LogP contribution in [0.3, 0.4) is 0 Å². The monoisotopic (exact) mass is 165 g/mol. The SMILES string of the molecule is CCC1CC1(N)Cn1cccn1. The number of rotatable bonds is 3. The van der Waals surface area contributed by atoms with E-state index in [1.165, 1.54) is 6.42 Å². The van der Waals surface area contributed by atoms with E-state index in [1.807, 2.05) is 16.9 Å². The van der Waals surface area contributed by atoms with Crippen LogP contribution in [0.25, 0.3) is 0 Å². The van der Waals surface area contributed by atoms with Gasteiger partial charge in [-0.2, -0.15) is 5.10 Å². The Kier molecular flexibility index (Phi) is 1.68. The summed E-state index contributed by atoms with van der Waals surface area (Å²) in [6, 6.07) is 1.94. The third-order valence-corrected chi connectivity index (χ3v) is 2.79.